The molecule has 4 heteroatoms. The van der Waals surface area contributed by atoms with Gasteiger partial charge in [-0.2, -0.15) is 0 Å². The topological polar surface area (TPSA) is 0 Å². The maximum absolute atomic E-state index is 13.3. The lowest BCUT2D eigenvalue weighted by Crippen LogP contribution is -1.91. The third-order valence-corrected chi connectivity index (χ3v) is 4.93. The first-order valence-electron chi connectivity index (χ1n) is 4.31. The predicted octanol–water partition coefficient (Wildman–Crippen LogP) is 5.13. The van der Waals surface area contributed by atoms with Crippen LogP contribution in [0.25, 0.3) is 0 Å². The van der Waals surface area contributed by atoms with E-state index in [1.54, 1.807) is 23.5 Å². The van der Waals surface area contributed by atoms with Crippen LogP contribution >= 0.6 is 43.2 Å². The molecule has 1 aromatic carbocycles. The Hall–Kier alpha value is -0.190. The second kappa shape index (κ2) is 4.76. The van der Waals surface area contributed by atoms with Crippen LogP contribution in [-0.2, 0) is 0 Å². The molecule has 0 aliphatic rings. The van der Waals surface area contributed by atoms with Gasteiger partial charge in [-0.1, -0.05) is 28.1 Å². The normalized spacial score (nSPS) is 12.7. The number of alkyl halides is 1. The maximum Gasteiger partial charge on any atom is 0.137 e. The van der Waals surface area contributed by atoms with E-state index < -0.39 is 0 Å². The van der Waals surface area contributed by atoms with Crippen LogP contribution in [0.1, 0.15) is 15.3 Å². The summed E-state index contributed by atoms with van der Waals surface area (Å²) in [6, 6.07) is 9.20. The Kier molecular flexibility index (Phi) is 3.59. The zero-order valence-corrected chi connectivity index (χ0v) is 11.6. The van der Waals surface area contributed by atoms with Crippen molar-refractivity contribution in [2.24, 2.45) is 0 Å². The average molecular weight is 350 g/mol. The van der Waals surface area contributed by atoms with E-state index in [4.69, 9.17) is 0 Å². The number of benzene rings is 1. The number of rotatable bonds is 2. The molecule has 2 aromatic rings. The molecule has 0 nitrogen and oxygen atoms in total. The highest BCUT2D eigenvalue weighted by Gasteiger charge is 2.12. The van der Waals surface area contributed by atoms with Gasteiger partial charge >= 0.3 is 0 Å². The molecular formula is C11H7Br2FS. The van der Waals surface area contributed by atoms with Crippen molar-refractivity contribution >= 4 is 43.2 Å². The lowest BCUT2D eigenvalue weighted by atomic mass is 10.1. The molecule has 0 radical (unpaired) electrons. The summed E-state index contributed by atoms with van der Waals surface area (Å²) in [4.78, 5) is 1.25. The first-order valence-corrected chi connectivity index (χ1v) is 6.90. The van der Waals surface area contributed by atoms with Crippen molar-refractivity contribution in [3.05, 3.63) is 56.4 Å². The molecule has 0 bridgehead atoms. The number of hydrogen-bond donors (Lipinski definition) is 0. The van der Waals surface area contributed by atoms with Crippen LogP contribution in [0.4, 0.5) is 4.39 Å². The molecule has 0 aliphatic heterocycles. The second-order valence-electron chi connectivity index (χ2n) is 3.05. The molecule has 0 amide bonds. The van der Waals surface area contributed by atoms with E-state index in [9.17, 15) is 4.39 Å². The van der Waals surface area contributed by atoms with Gasteiger partial charge in [0.2, 0.25) is 0 Å². The van der Waals surface area contributed by atoms with Gasteiger partial charge in [0.05, 0.1) is 9.30 Å². The van der Waals surface area contributed by atoms with Crippen molar-refractivity contribution in [3.63, 3.8) is 0 Å². The summed E-state index contributed by atoms with van der Waals surface area (Å²) in [5, 5.41) is 2.01. The standard InChI is InChI=1S/C11H7Br2FS/c12-8-4-3-7(6-9(8)14)11(13)10-2-1-5-15-10/h1-6,11H. The van der Waals surface area contributed by atoms with E-state index in [2.05, 4.69) is 31.9 Å². The van der Waals surface area contributed by atoms with E-state index in [1.165, 1.54) is 4.88 Å². The summed E-state index contributed by atoms with van der Waals surface area (Å²) in [5.41, 5.74) is 0.929. The van der Waals surface area contributed by atoms with Crippen LogP contribution in [0.5, 0.6) is 0 Å². The third-order valence-electron chi connectivity index (χ3n) is 2.03. The molecule has 0 saturated carbocycles. The van der Waals surface area contributed by atoms with Crippen molar-refractivity contribution in [2.45, 2.75) is 4.83 Å². The van der Waals surface area contributed by atoms with Crippen molar-refractivity contribution in [1.29, 1.82) is 0 Å². The molecule has 0 saturated heterocycles. The van der Waals surface area contributed by atoms with Gasteiger partial charge in [-0.3, -0.25) is 0 Å². The molecule has 0 spiro atoms. The lowest BCUT2D eigenvalue weighted by molar-refractivity contribution is 0.619. The Morgan fingerprint density at radius 1 is 1.27 bits per heavy atom. The van der Waals surface area contributed by atoms with Crippen molar-refractivity contribution in [3.8, 4) is 0 Å². The zero-order chi connectivity index (χ0) is 10.8. The fourth-order valence-corrected chi connectivity index (χ4v) is 3.00. The minimum absolute atomic E-state index is 0.0695. The predicted molar refractivity (Wildman–Crippen MR) is 69.2 cm³/mol. The van der Waals surface area contributed by atoms with E-state index in [1.807, 2.05) is 23.6 Å². The summed E-state index contributed by atoms with van der Waals surface area (Å²) < 4.78 is 13.8. The largest absolute Gasteiger partial charge is 0.206 e. The number of halogens is 3. The first kappa shape index (κ1) is 11.3. The summed E-state index contributed by atoms with van der Waals surface area (Å²) >= 11 is 8.35. The molecule has 1 heterocycles. The highest BCUT2D eigenvalue weighted by Crippen LogP contribution is 2.34. The molecular weight excluding hydrogens is 343 g/mol. The van der Waals surface area contributed by atoms with Crippen LogP contribution in [0, 0.1) is 5.82 Å². The van der Waals surface area contributed by atoms with Gasteiger partial charge in [0.1, 0.15) is 5.82 Å². The number of hydrogen-bond acceptors (Lipinski definition) is 1. The molecule has 15 heavy (non-hydrogen) atoms. The molecule has 1 unspecified atom stereocenters. The Morgan fingerprint density at radius 3 is 2.67 bits per heavy atom. The summed E-state index contributed by atoms with van der Waals surface area (Å²) in [6.45, 7) is 0. The quantitative estimate of drug-likeness (QED) is 0.659. The Bertz CT molecular complexity index is 454. The van der Waals surface area contributed by atoms with Crippen LogP contribution < -0.4 is 0 Å². The van der Waals surface area contributed by atoms with Crippen LogP contribution in [-0.4, -0.2) is 0 Å². The third kappa shape index (κ3) is 2.49. The maximum atomic E-state index is 13.3. The van der Waals surface area contributed by atoms with Gasteiger partial charge in [-0.05, 0) is 45.1 Å². The van der Waals surface area contributed by atoms with Crippen LogP contribution in [0.3, 0.4) is 0 Å². The zero-order valence-electron chi connectivity index (χ0n) is 7.58. The molecule has 1 aromatic heterocycles. The highest BCUT2D eigenvalue weighted by atomic mass is 79.9. The van der Waals surface area contributed by atoms with Crippen molar-refractivity contribution in [2.75, 3.05) is 0 Å². The van der Waals surface area contributed by atoms with Gasteiger partial charge in [0, 0.05) is 4.88 Å². The lowest BCUT2D eigenvalue weighted by Gasteiger charge is -2.08. The van der Waals surface area contributed by atoms with E-state index in [-0.39, 0.29) is 10.6 Å². The summed E-state index contributed by atoms with van der Waals surface area (Å²) in [6.07, 6.45) is 0. The van der Waals surface area contributed by atoms with Crippen LogP contribution in [0.2, 0.25) is 0 Å². The van der Waals surface area contributed by atoms with Crippen molar-refractivity contribution < 1.29 is 4.39 Å². The fourth-order valence-electron chi connectivity index (χ4n) is 1.27. The Morgan fingerprint density at radius 2 is 2.07 bits per heavy atom. The van der Waals surface area contributed by atoms with Crippen molar-refractivity contribution in [1.82, 2.24) is 0 Å². The Labute approximate surface area is 108 Å². The van der Waals surface area contributed by atoms with E-state index >= 15 is 0 Å². The minimum Gasteiger partial charge on any atom is -0.206 e. The Balaban J connectivity index is 2.34. The van der Waals surface area contributed by atoms with Gasteiger partial charge in [0.15, 0.2) is 0 Å². The monoisotopic (exact) mass is 348 g/mol. The number of thiophene rings is 1. The molecule has 2 rings (SSSR count). The summed E-state index contributed by atoms with van der Waals surface area (Å²) in [7, 11) is 0. The second-order valence-corrected chi connectivity index (χ2v) is 5.80. The first-order chi connectivity index (χ1) is 7.18. The van der Waals surface area contributed by atoms with Gasteiger partial charge in [-0.15, -0.1) is 11.3 Å². The molecule has 0 fully saturated rings. The summed E-state index contributed by atoms with van der Waals surface area (Å²) in [5.74, 6) is -0.228. The molecule has 0 N–H and O–H groups in total. The molecule has 0 aliphatic carbocycles. The van der Waals surface area contributed by atoms with Crippen LogP contribution in [0.15, 0.2) is 40.2 Å². The average Bonchev–Trinajstić information content (AvgIpc) is 2.74. The molecule has 1 atom stereocenters. The SMILES string of the molecule is Fc1cc(C(Br)c2cccs2)ccc1Br. The highest BCUT2D eigenvalue weighted by molar-refractivity contribution is 9.10. The van der Waals surface area contributed by atoms with Gasteiger partial charge in [0.25, 0.3) is 0 Å². The van der Waals surface area contributed by atoms with E-state index in [0.717, 1.165) is 5.56 Å². The van der Waals surface area contributed by atoms with Gasteiger partial charge < -0.3 is 0 Å². The smallest absolute Gasteiger partial charge is 0.137 e. The van der Waals surface area contributed by atoms with E-state index in [0.29, 0.717) is 4.47 Å². The van der Waals surface area contributed by atoms with Gasteiger partial charge in [-0.25, -0.2) is 4.39 Å². The molecule has 78 valence electrons. The fraction of sp³-hybridized carbons (Fsp3) is 0.0909. The minimum atomic E-state index is -0.228.